The van der Waals surface area contributed by atoms with Crippen LogP contribution in [0.2, 0.25) is 0 Å². The van der Waals surface area contributed by atoms with E-state index in [4.69, 9.17) is 0 Å². The van der Waals surface area contributed by atoms with Crippen LogP contribution in [0.4, 0.5) is 8.78 Å². The van der Waals surface area contributed by atoms with Crippen molar-refractivity contribution in [2.24, 2.45) is 0 Å². The van der Waals surface area contributed by atoms with Crippen LogP contribution in [0.15, 0.2) is 24.3 Å². The van der Waals surface area contributed by atoms with Crippen LogP contribution >= 0.6 is 0 Å². The Balaban J connectivity index is 2.35. The van der Waals surface area contributed by atoms with Crippen LogP contribution in [0.5, 0.6) is 0 Å². The van der Waals surface area contributed by atoms with Gasteiger partial charge in [-0.3, -0.25) is 0 Å². The molecule has 2 rings (SSSR count). The highest BCUT2D eigenvalue weighted by Gasteiger charge is 2.08. The minimum absolute atomic E-state index is 0.494. The van der Waals surface area contributed by atoms with Crippen molar-refractivity contribution in [2.75, 3.05) is 0 Å². The standard InChI is InChI=1S/C12H12F2/c13-11-6-10(7-12(14)8-11)9-4-2-1-3-5-9/h4,6-8H,1-3,5H2. The summed E-state index contributed by atoms with van der Waals surface area (Å²) >= 11 is 0. The number of hydrogen-bond donors (Lipinski definition) is 0. The molecule has 0 fully saturated rings. The maximum atomic E-state index is 12.9. The van der Waals surface area contributed by atoms with Crippen molar-refractivity contribution in [2.45, 2.75) is 25.7 Å². The summed E-state index contributed by atoms with van der Waals surface area (Å²) in [4.78, 5) is 0. The second-order valence-electron chi connectivity index (χ2n) is 3.63. The maximum Gasteiger partial charge on any atom is 0.126 e. The van der Waals surface area contributed by atoms with E-state index in [-0.39, 0.29) is 0 Å². The predicted octanol–water partition coefficient (Wildman–Crippen LogP) is 3.92. The molecule has 74 valence electrons. The molecule has 0 amide bonds. The zero-order valence-electron chi connectivity index (χ0n) is 7.89. The number of halogens is 2. The monoisotopic (exact) mass is 194 g/mol. The van der Waals surface area contributed by atoms with Gasteiger partial charge in [0.05, 0.1) is 0 Å². The van der Waals surface area contributed by atoms with Gasteiger partial charge >= 0.3 is 0 Å². The number of rotatable bonds is 1. The minimum atomic E-state index is -0.494. The molecule has 0 aromatic heterocycles. The molecular weight excluding hydrogens is 182 g/mol. The van der Waals surface area contributed by atoms with Crippen molar-refractivity contribution in [3.8, 4) is 0 Å². The molecule has 14 heavy (non-hydrogen) atoms. The summed E-state index contributed by atoms with van der Waals surface area (Å²) in [6.45, 7) is 0. The van der Waals surface area contributed by atoms with Crippen LogP contribution in [-0.4, -0.2) is 0 Å². The average Bonchev–Trinajstić information content (AvgIpc) is 2.18. The second kappa shape index (κ2) is 3.91. The van der Waals surface area contributed by atoms with Gasteiger partial charge in [0.25, 0.3) is 0 Å². The van der Waals surface area contributed by atoms with Gasteiger partial charge in [-0.25, -0.2) is 8.78 Å². The van der Waals surface area contributed by atoms with E-state index >= 15 is 0 Å². The molecule has 2 heteroatoms. The van der Waals surface area contributed by atoms with Crippen LogP contribution < -0.4 is 0 Å². The molecule has 1 aliphatic carbocycles. The summed E-state index contributed by atoms with van der Waals surface area (Å²) in [6.07, 6.45) is 6.33. The van der Waals surface area contributed by atoms with Crippen LogP contribution in [0.1, 0.15) is 31.2 Å². The zero-order chi connectivity index (χ0) is 9.97. The normalized spacial score (nSPS) is 16.6. The Morgan fingerprint density at radius 1 is 0.929 bits per heavy atom. The fraction of sp³-hybridized carbons (Fsp3) is 0.333. The molecule has 0 N–H and O–H groups in total. The highest BCUT2D eigenvalue weighted by molar-refractivity contribution is 5.66. The molecule has 1 aromatic carbocycles. The SMILES string of the molecule is Fc1cc(F)cc(C2=CCCCC2)c1. The third-order valence-corrected chi connectivity index (χ3v) is 2.52. The van der Waals surface area contributed by atoms with Crippen LogP contribution in [0, 0.1) is 11.6 Å². The Bertz CT molecular complexity index is 346. The van der Waals surface area contributed by atoms with Crippen molar-refractivity contribution in [3.63, 3.8) is 0 Å². The first-order valence-corrected chi connectivity index (χ1v) is 4.91. The van der Waals surface area contributed by atoms with Crippen LogP contribution in [0.3, 0.4) is 0 Å². The molecule has 0 bridgehead atoms. The third-order valence-electron chi connectivity index (χ3n) is 2.52. The molecule has 1 aromatic rings. The fourth-order valence-corrected chi connectivity index (χ4v) is 1.84. The first-order valence-electron chi connectivity index (χ1n) is 4.91. The van der Waals surface area contributed by atoms with E-state index in [2.05, 4.69) is 6.08 Å². The maximum absolute atomic E-state index is 12.9. The molecule has 0 nitrogen and oxygen atoms in total. The van der Waals surface area contributed by atoms with Gasteiger partial charge in [0.1, 0.15) is 11.6 Å². The third kappa shape index (κ3) is 2.00. The van der Waals surface area contributed by atoms with Crippen molar-refractivity contribution in [1.82, 2.24) is 0 Å². The van der Waals surface area contributed by atoms with Crippen molar-refractivity contribution in [1.29, 1.82) is 0 Å². The van der Waals surface area contributed by atoms with Gasteiger partial charge in [0.15, 0.2) is 0 Å². The van der Waals surface area contributed by atoms with Gasteiger partial charge in [-0.1, -0.05) is 6.08 Å². The summed E-state index contributed by atoms with van der Waals surface area (Å²) in [6, 6.07) is 3.72. The first kappa shape index (κ1) is 9.38. The zero-order valence-corrected chi connectivity index (χ0v) is 7.89. The van der Waals surface area contributed by atoms with Crippen molar-refractivity contribution < 1.29 is 8.78 Å². The van der Waals surface area contributed by atoms with Crippen molar-refractivity contribution in [3.05, 3.63) is 41.5 Å². The van der Waals surface area contributed by atoms with E-state index < -0.39 is 11.6 Å². The quantitative estimate of drug-likeness (QED) is 0.635. The smallest absolute Gasteiger partial charge is 0.126 e. The van der Waals surface area contributed by atoms with Crippen molar-refractivity contribution >= 4 is 5.57 Å². The van der Waals surface area contributed by atoms with Gasteiger partial charge in [0, 0.05) is 6.07 Å². The first-order chi connectivity index (χ1) is 6.75. The molecular formula is C12H12F2. The summed E-state index contributed by atoms with van der Waals surface area (Å²) in [5.41, 5.74) is 1.77. The highest BCUT2D eigenvalue weighted by Crippen LogP contribution is 2.27. The number of benzene rings is 1. The number of allylic oxidation sites excluding steroid dienone is 2. The minimum Gasteiger partial charge on any atom is -0.207 e. The Labute approximate surface area is 82.3 Å². The molecule has 0 heterocycles. The molecule has 0 radical (unpaired) electrons. The summed E-state index contributed by atoms with van der Waals surface area (Å²) < 4.78 is 25.8. The van der Waals surface area contributed by atoms with E-state index in [9.17, 15) is 8.78 Å². The Hall–Kier alpha value is -1.18. The molecule has 0 saturated carbocycles. The van der Waals surface area contributed by atoms with E-state index in [0.717, 1.165) is 30.9 Å². The van der Waals surface area contributed by atoms with E-state index in [1.165, 1.54) is 18.6 Å². The van der Waals surface area contributed by atoms with Gasteiger partial charge in [0.2, 0.25) is 0 Å². The largest absolute Gasteiger partial charge is 0.207 e. The van der Waals surface area contributed by atoms with E-state index in [0.29, 0.717) is 5.56 Å². The molecule has 0 atom stereocenters. The summed E-state index contributed by atoms with van der Waals surface area (Å²) in [5.74, 6) is -0.988. The van der Waals surface area contributed by atoms with Gasteiger partial charge in [-0.2, -0.15) is 0 Å². The Kier molecular flexibility index (Phi) is 2.62. The molecule has 0 aliphatic heterocycles. The molecule has 0 unspecified atom stereocenters. The average molecular weight is 194 g/mol. The lowest BCUT2D eigenvalue weighted by atomic mass is 9.94. The second-order valence-corrected chi connectivity index (χ2v) is 3.63. The van der Waals surface area contributed by atoms with Crippen LogP contribution in [-0.2, 0) is 0 Å². The topological polar surface area (TPSA) is 0 Å². The van der Waals surface area contributed by atoms with E-state index in [1.807, 2.05) is 0 Å². The summed E-state index contributed by atoms with van der Waals surface area (Å²) in [5, 5.41) is 0. The van der Waals surface area contributed by atoms with Crippen LogP contribution in [0.25, 0.3) is 5.57 Å². The lowest BCUT2D eigenvalue weighted by Gasteiger charge is -2.12. The molecule has 0 saturated heterocycles. The van der Waals surface area contributed by atoms with Gasteiger partial charge in [-0.15, -0.1) is 0 Å². The molecule has 0 spiro atoms. The van der Waals surface area contributed by atoms with Gasteiger partial charge < -0.3 is 0 Å². The fourth-order valence-electron chi connectivity index (χ4n) is 1.84. The van der Waals surface area contributed by atoms with Gasteiger partial charge in [-0.05, 0) is 49.0 Å². The highest BCUT2D eigenvalue weighted by atomic mass is 19.1. The lowest BCUT2D eigenvalue weighted by Crippen LogP contribution is -1.93. The summed E-state index contributed by atoms with van der Waals surface area (Å²) in [7, 11) is 0. The Morgan fingerprint density at radius 2 is 1.64 bits per heavy atom. The predicted molar refractivity (Wildman–Crippen MR) is 52.8 cm³/mol. The number of hydrogen-bond acceptors (Lipinski definition) is 0. The Morgan fingerprint density at radius 3 is 2.21 bits per heavy atom. The lowest BCUT2D eigenvalue weighted by molar-refractivity contribution is 0.582. The molecule has 1 aliphatic rings. The van der Waals surface area contributed by atoms with E-state index in [1.54, 1.807) is 0 Å².